The predicted molar refractivity (Wildman–Crippen MR) is 87.3 cm³/mol. The first-order valence-corrected chi connectivity index (χ1v) is 8.36. The number of carbonyl (C=O) groups excluding carboxylic acids is 3. The van der Waals surface area contributed by atoms with Crippen molar-refractivity contribution in [2.24, 2.45) is 17.1 Å². The van der Waals surface area contributed by atoms with E-state index >= 15 is 0 Å². The molecule has 7 heteroatoms. The zero-order valence-corrected chi connectivity index (χ0v) is 14.4. The molecule has 0 bridgehead atoms. The predicted octanol–water partition coefficient (Wildman–Crippen LogP) is 2.25. The number of carbonyl (C=O) groups is 3. The number of thiophene rings is 1. The lowest BCUT2D eigenvalue weighted by Crippen LogP contribution is -2.37. The van der Waals surface area contributed by atoms with Crippen LogP contribution in [0.25, 0.3) is 0 Å². The quantitative estimate of drug-likeness (QED) is 0.826. The second-order valence-corrected chi connectivity index (χ2v) is 7.99. The molecule has 0 saturated carbocycles. The SMILES string of the molecule is CC(C)(C)[C@@H]1CCc2sc(C(=O)OCC(=O)NC(N)=O)cc2C1. The summed E-state index contributed by atoms with van der Waals surface area (Å²) in [5, 5.41) is 1.85. The van der Waals surface area contributed by atoms with Crippen molar-refractivity contribution >= 4 is 29.2 Å². The van der Waals surface area contributed by atoms with Crippen molar-refractivity contribution in [1.29, 1.82) is 0 Å². The molecule has 1 atom stereocenters. The van der Waals surface area contributed by atoms with E-state index in [2.05, 4.69) is 20.8 Å². The highest BCUT2D eigenvalue weighted by atomic mass is 32.1. The van der Waals surface area contributed by atoms with Crippen LogP contribution >= 0.6 is 11.3 Å². The highest BCUT2D eigenvalue weighted by Gasteiger charge is 2.30. The van der Waals surface area contributed by atoms with E-state index in [-0.39, 0.29) is 5.41 Å². The van der Waals surface area contributed by atoms with Gasteiger partial charge in [-0.1, -0.05) is 20.8 Å². The van der Waals surface area contributed by atoms with Gasteiger partial charge in [0.25, 0.3) is 5.91 Å². The summed E-state index contributed by atoms with van der Waals surface area (Å²) in [6.07, 6.45) is 3.05. The van der Waals surface area contributed by atoms with Crippen LogP contribution < -0.4 is 11.1 Å². The van der Waals surface area contributed by atoms with Gasteiger partial charge in [0.1, 0.15) is 4.88 Å². The fourth-order valence-electron chi connectivity index (χ4n) is 2.74. The topological polar surface area (TPSA) is 98.5 Å². The molecular formula is C16H22N2O4S. The Hall–Kier alpha value is -1.89. The van der Waals surface area contributed by atoms with Crippen LogP contribution in [-0.2, 0) is 22.4 Å². The van der Waals surface area contributed by atoms with Crippen molar-refractivity contribution in [2.75, 3.05) is 6.61 Å². The van der Waals surface area contributed by atoms with Crippen molar-refractivity contribution in [2.45, 2.75) is 40.0 Å². The number of nitrogens with two attached hydrogens (primary N) is 1. The second kappa shape index (κ2) is 6.70. The summed E-state index contributed by atoms with van der Waals surface area (Å²) in [5.41, 5.74) is 6.26. The van der Waals surface area contributed by atoms with Crippen molar-refractivity contribution in [3.63, 3.8) is 0 Å². The van der Waals surface area contributed by atoms with E-state index in [1.165, 1.54) is 21.8 Å². The number of esters is 1. The number of aryl methyl sites for hydroxylation is 1. The first-order chi connectivity index (χ1) is 10.7. The minimum Gasteiger partial charge on any atom is -0.451 e. The smallest absolute Gasteiger partial charge is 0.348 e. The van der Waals surface area contributed by atoms with Gasteiger partial charge >= 0.3 is 12.0 Å². The second-order valence-electron chi connectivity index (χ2n) is 6.85. The van der Waals surface area contributed by atoms with Crippen LogP contribution in [0.5, 0.6) is 0 Å². The van der Waals surface area contributed by atoms with Crippen LogP contribution in [0.2, 0.25) is 0 Å². The van der Waals surface area contributed by atoms with Crippen LogP contribution in [0.1, 0.15) is 47.3 Å². The molecule has 23 heavy (non-hydrogen) atoms. The number of hydrogen-bond acceptors (Lipinski definition) is 5. The van der Waals surface area contributed by atoms with Crippen molar-refractivity contribution in [3.05, 3.63) is 21.4 Å². The molecule has 0 spiro atoms. The normalized spacial score (nSPS) is 17.3. The molecule has 2 rings (SSSR count). The van der Waals surface area contributed by atoms with E-state index < -0.39 is 24.5 Å². The maximum Gasteiger partial charge on any atom is 0.348 e. The van der Waals surface area contributed by atoms with E-state index in [4.69, 9.17) is 10.5 Å². The molecule has 1 aromatic rings. The molecule has 1 aromatic heterocycles. The summed E-state index contributed by atoms with van der Waals surface area (Å²) in [4.78, 5) is 35.5. The molecule has 0 fully saturated rings. The van der Waals surface area contributed by atoms with E-state index in [9.17, 15) is 14.4 Å². The molecule has 0 saturated heterocycles. The van der Waals surface area contributed by atoms with Gasteiger partial charge in [0.2, 0.25) is 0 Å². The van der Waals surface area contributed by atoms with E-state index in [0.29, 0.717) is 10.8 Å². The zero-order chi connectivity index (χ0) is 17.2. The number of hydrogen-bond donors (Lipinski definition) is 2. The number of urea groups is 1. The Balaban J connectivity index is 1.98. The van der Waals surface area contributed by atoms with Crippen LogP contribution in [0.15, 0.2) is 6.07 Å². The third-order valence-corrected chi connectivity index (χ3v) is 5.32. The molecule has 6 nitrogen and oxygen atoms in total. The van der Waals surface area contributed by atoms with Crippen LogP contribution in [0.4, 0.5) is 4.79 Å². The maximum atomic E-state index is 12.0. The third-order valence-electron chi connectivity index (χ3n) is 4.11. The standard InChI is InChI=1S/C16H22N2O4S/c1-16(2,3)10-4-5-11-9(6-10)7-12(23-11)14(20)22-8-13(19)18-15(17)21/h7,10H,4-6,8H2,1-3H3,(H3,17,18,19,21)/t10-/m1/s1. The summed E-state index contributed by atoms with van der Waals surface area (Å²) >= 11 is 1.42. The summed E-state index contributed by atoms with van der Waals surface area (Å²) < 4.78 is 4.91. The minimum absolute atomic E-state index is 0.243. The molecule has 1 aliphatic rings. The van der Waals surface area contributed by atoms with Gasteiger partial charge in [0.05, 0.1) is 0 Å². The van der Waals surface area contributed by atoms with Gasteiger partial charge < -0.3 is 10.5 Å². The number of rotatable bonds is 3. The molecule has 0 aromatic carbocycles. The average molecular weight is 338 g/mol. The molecular weight excluding hydrogens is 316 g/mol. The highest BCUT2D eigenvalue weighted by Crippen LogP contribution is 2.40. The number of imide groups is 1. The lowest BCUT2D eigenvalue weighted by molar-refractivity contribution is -0.123. The van der Waals surface area contributed by atoms with Gasteiger partial charge in [0.15, 0.2) is 6.61 Å². The first kappa shape index (κ1) is 17.5. The Labute approximate surface area is 139 Å². The average Bonchev–Trinajstić information content (AvgIpc) is 2.86. The van der Waals surface area contributed by atoms with E-state index in [1.807, 2.05) is 11.4 Å². The maximum absolute atomic E-state index is 12.0. The number of nitrogens with one attached hydrogen (secondary N) is 1. The Morgan fingerprint density at radius 1 is 1.39 bits per heavy atom. The molecule has 1 heterocycles. The molecule has 0 unspecified atom stereocenters. The number of primary amides is 1. The number of ether oxygens (including phenoxy) is 1. The fraction of sp³-hybridized carbons (Fsp3) is 0.562. The lowest BCUT2D eigenvalue weighted by Gasteiger charge is -2.33. The Morgan fingerprint density at radius 2 is 2.09 bits per heavy atom. The third kappa shape index (κ3) is 4.54. The number of amides is 3. The fourth-order valence-corrected chi connectivity index (χ4v) is 3.84. The van der Waals surface area contributed by atoms with Gasteiger partial charge in [-0.25, -0.2) is 9.59 Å². The molecule has 1 aliphatic carbocycles. The van der Waals surface area contributed by atoms with Gasteiger partial charge in [0, 0.05) is 4.88 Å². The van der Waals surface area contributed by atoms with Crippen LogP contribution in [0.3, 0.4) is 0 Å². The summed E-state index contributed by atoms with van der Waals surface area (Å²) in [6, 6.07) is 0.900. The van der Waals surface area contributed by atoms with Crippen molar-refractivity contribution in [3.8, 4) is 0 Å². The molecule has 0 radical (unpaired) electrons. The Morgan fingerprint density at radius 3 is 2.70 bits per heavy atom. The monoisotopic (exact) mass is 338 g/mol. The highest BCUT2D eigenvalue weighted by molar-refractivity contribution is 7.14. The van der Waals surface area contributed by atoms with Gasteiger partial charge in [-0.15, -0.1) is 11.3 Å². The molecule has 0 aliphatic heterocycles. The van der Waals surface area contributed by atoms with E-state index in [0.717, 1.165) is 19.3 Å². The van der Waals surface area contributed by atoms with Crippen molar-refractivity contribution in [1.82, 2.24) is 5.32 Å². The van der Waals surface area contributed by atoms with Crippen LogP contribution in [-0.4, -0.2) is 24.5 Å². The Bertz CT molecular complexity index is 631. The largest absolute Gasteiger partial charge is 0.451 e. The van der Waals surface area contributed by atoms with Crippen molar-refractivity contribution < 1.29 is 19.1 Å². The summed E-state index contributed by atoms with van der Waals surface area (Å²) in [6.45, 7) is 6.19. The molecule has 126 valence electrons. The van der Waals surface area contributed by atoms with Crippen LogP contribution in [0, 0.1) is 11.3 Å². The van der Waals surface area contributed by atoms with Gasteiger partial charge in [-0.3, -0.25) is 10.1 Å². The molecule has 3 N–H and O–H groups in total. The van der Waals surface area contributed by atoms with Gasteiger partial charge in [-0.2, -0.15) is 0 Å². The minimum atomic E-state index is -0.967. The lowest BCUT2D eigenvalue weighted by atomic mass is 9.72. The van der Waals surface area contributed by atoms with E-state index in [1.54, 1.807) is 0 Å². The van der Waals surface area contributed by atoms with Gasteiger partial charge in [-0.05, 0) is 42.2 Å². The molecule has 3 amide bonds. The number of fused-ring (bicyclic) bond motifs is 1. The zero-order valence-electron chi connectivity index (χ0n) is 13.6. The summed E-state index contributed by atoms with van der Waals surface area (Å²) in [5.74, 6) is -0.689. The summed E-state index contributed by atoms with van der Waals surface area (Å²) in [7, 11) is 0. The Kier molecular flexibility index (Phi) is 5.09. The first-order valence-electron chi connectivity index (χ1n) is 7.55.